The van der Waals surface area contributed by atoms with E-state index in [1.165, 1.54) is 0 Å². The van der Waals surface area contributed by atoms with Crippen molar-refractivity contribution in [3.8, 4) is 17.1 Å². The standard InChI is InChI=1S/C29H33ClFN7O.ClH/c1-17-3-4-18-14-33-36-25(18)22(17)23-21(30)13-20-26(24(23)31)34-28(39-19-5-9-37(2)10-6-19)35-27(20)38-11-7-29(8-12-38)15-32-16-29;/h3-4,13-14,19,32H,5-12,15-16H2,1-2H3,(H,33,36);1H. The number of aromatic nitrogens is 4. The Labute approximate surface area is 244 Å². The van der Waals surface area contributed by atoms with Gasteiger partial charge < -0.3 is 19.9 Å². The number of ether oxygens (including phenoxy) is 1. The number of hydrogen-bond acceptors (Lipinski definition) is 7. The smallest absolute Gasteiger partial charge is 0.319 e. The van der Waals surface area contributed by atoms with Crippen LogP contribution in [0.25, 0.3) is 32.9 Å². The van der Waals surface area contributed by atoms with Crippen molar-refractivity contribution in [1.29, 1.82) is 0 Å². The maximum Gasteiger partial charge on any atom is 0.319 e. The van der Waals surface area contributed by atoms with Gasteiger partial charge in [-0.2, -0.15) is 15.1 Å². The van der Waals surface area contributed by atoms with E-state index in [1.54, 1.807) is 6.20 Å². The largest absolute Gasteiger partial charge is 0.460 e. The maximum absolute atomic E-state index is 16.7. The van der Waals surface area contributed by atoms with E-state index >= 15 is 4.39 Å². The van der Waals surface area contributed by atoms with Gasteiger partial charge in [-0.25, -0.2) is 4.39 Å². The molecule has 5 heterocycles. The molecule has 3 fully saturated rings. The van der Waals surface area contributed by atoms with Crippen LogP contribution in [-0.2, 0) is 0 Å². The molecule has 0 radical (unpaired) electrons. The fourth-order valence-electron chi connectivity index (χ4n) is 6.40. The number of H-pyrrole nitrogens is 1. The molecule has 0 amide bonds. The summed E-state index contributed by atoms with van der Waals surface area (Å²) in [4.78, 5) is 14.1. The molecule has 11 heteroatoms. The Morgan fingerprint density at radius 3 is 2.52 bits per heavy atom. The van der Waals surface area contributed by atoms with Crippen LogP contribution in [0.1, 0.15) is 31.2 Å². The molecule has 7 rings (SSSR count). The predicted octanol–water partition coefficient (Wildman–Crippen LogP) is 5.36. The van der Waals surface area contributed by atoms with Gasteiger partial charge in [0.15, 0.2) is 5.82 Å². The summed E-state index contributed by atoms with van der Waals surface area (Å²) < 4.78 is 23.0. The zero-order valence-electron chi connectivity index (χ0n) is 22.8. The molecule has 0 saturated carbocycles. The summed E-state index contributed by atoms with van der Waals surface area (Å²) in [5, 5.41) is 12.5. The molecule has 3 saturated heterocycles. The van der Waals surface area contributed by atoms with Gasteiger partial charge in [0.1, 0.15) is 17.4 Å². The molecule has 4 aromatic rings. The van der Waals surface area contributed by atoms with Crippen molar-refractivity contribution in [2.24, 2.45) is 5.41 Å². The zero-order valence-corrected chi connectivity index (χ0v) is 24.3. The Morgan fingerprint density at radius 2 is 1.82 bits per heavy atom. The topological polar surface area (TPSA) is 82.2 Å². The number of likely N-dealkylation sites (tertiary alicyclic amines) is 1. The van der Waals surface area contributed by atoms with Crippen molar-refractivity contribution < 1.29 is 9.13 Å². The Balaban J connectivity index is 0.00000289. The summed E-state index contributed by atoms with van der Waals surface area (Å²) in [6.45, 7) is 7.71. The van der Waals surface area contributed by atoms with E-state index in [0.717, 1.165) is 81.4 Å². The van der Waals surface area contributed by atoms with Crippen molar-refractivity contribution in [3.63, 3.8) is 0 Å². The lowest BCUT2D eigenvalue weighted by atomic mass is 9.73. The third-order valence-corrected chi connectivity index (χ3v) is 9.28. The quantitative estimate of drug-likeness (QED) is 0.333. The lowest BCUT2D eigenvalue weighted by molar-refractivity contribution is 0.105. The molecule has 3 aliphatic heterocycles. The number of nitrogens with one attached hydrogen (secondary N) is 2. The molecule has 0 atom stereocenters. The molecule has 1 spiro atoms. The monoisotopic (exact) mass is 585 g/mol. The minimum absolute atomic E-state index is 0. The van der Waals surface area contributed by atoms with Crippen LogP contribution in [0.3, 0.4) is 0 Å². The fourth-order valence-corrected chi connectivity index (χ4v) is 6.69. The Bertz CT molecular complexity index is 1560. The Hall–Kier alpha value is -2.72. The van der Waals surface area contributed by atoms with Crippen LogP contribution >= 0.6 is 24.0 Å². The number of hydrogen-bond donors (Lipinski definition) is 2. The van der Waals surface area contributed by atoms with Crippen LogP contribution < -0.4 is 15.0 Å². The van der Waals surface area contributed by atoms with Gasteiger partial charge in [0, 0.05) is 61.2 Å². The summed E-state index contributed by atoms with van der Waals surface area (Å²) in [6, 6.07) is 6.00. The van der Waals surface area contributed by atoms with Gasteiger partial charge in [-0.15, -0.1) is 12.4 Å². The summed E-state index contributed by atoms with van der Waals surface area (Å²) >= 11 is 6.89. The van der Waals surface area contributed by atoms with E-state index in [4.69, 9.17) is 21.3 Å². The van der Waals surface area contributed by atoms with Gasteiger partial charge in [-0.1, -0.05) is 23.7 Å². The minimum Gasteiger partial charge on any atom is -0.460 e. The lowest BCUT2D eigenvalue weighted by Crippen LogP contribution is -2.58. The molecule has 212 valence electrons. The SMILES string of the molecule is Cc1ccc2cn[nH]c2c1-c1c(Cl)cc2c(N3CCC4(CC3)CNC4)nc(OC3CCN(C)CC3)nc2c1F.Cl. The molecular formula is C29H34Cl2FN7O. The molecule has 0 aliphatic carbocycles. The molecule has 0 bridgehead atoms. The Morgan fingerprint density at radius 1 is 1.07 bits per heavy atom. The number of benzene rings is 2. The van der Waals surface area contributed by atoms with Gasteiger partial charge in [0.25, 0.3) is 0 Å². The molecular weight excluding hydrogens is 552 g/mol. The van der Waals surface area contributed by atoms with Crippen molar-refractivity contribution in [1.82, 2.24) is 30.4 Å². The average Bonchev–Trinajstić information content (AvgIpc) is 3.39. The molecule has 3 aliphatic rings. The predicted molar refractivity (Wildman–Crippen MR) is 159 cm³/mol. The first-order valence-electron chi connectivity index (χ1n) is 13.8. The van der Waals surface area contributed by atoms with Crippen molar-refractivity contribution in [2.45, 2.75) is 38.7 Å². The second kappa shape index (κ2) is 10.6. The number of fused-ring (bicyclic) bond motifs is 2. The highest BCUT2D eigenvalue weighted by Gasteiger charge is 2.40. The van der Waals surface area contributed by atoms with E-state index in [-0.39, 0.29) is 30.0 Å². The zero-order chi connectivity index (χ0) is 26.7. The second-order valence-electron chi connectivity index (χ2n) is 11.6. The molecule has 2 N–H and O–H groups in total. The van der Waals surface area contributed by atoms with Crippen LogP contribution in [-0.4, -0.2) is 77.5 Å². The highest BCUT2D eigenvalue weighted by Crippen LogP contribution is 2.43. The van der Waals surface area contributed by atoms with Crippen LogP contribution in [0, 0.1) is 18.2 Å². The number of piperidine rings is 2. The Kier molecular flexibility index (Phi) is 7.27. The summed E-state index contributed by atoms with van der Waals surface area (Å²) in [5.41, 5.74) is 3.29. The van der Waals surface area contributed by atoms with Gasteiger partial charge in [0.05, 0.1) is 16.7 Å². The van der Waals surface area contributed by atoms with Crippen LogP contribution in [0.4, 0.5) is 10.2 Å². The van der Waals surface area contributed by atoms with E-state index in [2.05, 4.69) is 37.3 Å². The molecule has 8 nitrogen and oxygen atoms in total. The second-order valence-corrected chi connectivity index (χ2v) is 12.0. The van der Waals surface area contributed by atoms with E-state index in [9.17, 15) is 0 Å². The average molecular weight is 587 g/mol. The van der Waals surface area contributed by atoms with Crippen molar-refractivity contribution in [2.75, 3.05) is 51.2 Å². The third-order valence-electron chi connectivity index (χ3n) is 8.98. The van der Waals surface area contributed by atoms with E-state index in [0.29, 0.717) is 32.8 Å². The van der Waals surface area contributed by atoms with Gasteiger partial charge in [-0.05, 0) is 56.7 Å². The van der Waals surface area contributed by atoms with E-state index < -0.39 is 5.82 Å². The first-order valence-corrected chi connectivity index (χ1v) is 14.2. The summed E-state index contributed by atoms with van der Waals surface area (Å²) in [7, 11) is 2.12. The molecule has 2 aromatic carbocycles. The fraction of sp³-hybridized carbons (Fsp3) is 0.483. The number of nitrogens with zero attached hydrogens (tertiary/aromatic N) is 5. The highest BCUT2D eigenvalue weighted by atomic mass is 35.5. The number of aryl methyl sites for hydroxylation is 1. The maximum atomic E-state index is 16.7. The molecule has 0 unspecified atom stereocenters. The van der Waals surface area contributed by atoms with Crippen LogP contribution in [0.2, 0.25) is 5.02 Å². The van der Waals surface area contributed by atoms with Gasteiger partial charge in [0.2, 0.25) is 0 Å². The van der Waals surface area contributed by atoms with E-state index in [1.807, 2.05) is 25.1 Å². The number of aromatic amines is 1. The van der Waals surface area contributed by atoms with Crippen molar-refractivity contribution >= 4 is 51.6 Å². The third kappa shape index (κ3) is 4.66. The highest BCUT2D eigenvalue weighted by molar-refractivity contribution is 6.35. The van der Waals surface area contributed by atoms with Crippen LogP contribution in [0.15, 0.2) is 24.4 Å². The summed E-state index contributed by atoms with van der Waals surface area (Å²) in [6.07, 6.45) is 5.68. The normalized spacial score (nSPS) is 19.6. The van der Waals surface area contributed by atoms with Crippen LogP contribution in [0.5, 0.6) is 6.01 Å². The van der Waals surface area contributed by atoms with Gasteiger partial charge in [-0.3, -0.25) is 5.10 Å². The lowest BCUT2D eigenvalue weighted by Gasteiger charge is -2.48. The molecule has 40 heavy (non-hydrogen) atoms. The first kappa shape index (κ1) is 27.4. The first-order chi connectivity index (χ1) is 18.9. The number of anilines is 1. The molecule has 2 aromatic heterocycles. The number of halogens is 3. The summed E-state index contributed by atoms with van der Waals surface area (Å²) in [5.74, 6) is 0.241. The van der Waals surface area contributed by atoms with Crippen molar-refractivity contribution in [3.05, 3.63) is 40.8 Å². The number of rotatable bonds is 4. The van der Waals surface area contributed by atoms with Gasteiger partial charge >= 0.3 is 6.01 Å². The minimum atomic E-state index is -0.462.